The van der Waals surface area contributed by atoms with Crippen LogP contribution >= 0.6 is 0 Å². The summed E-state index contributed by atoms with van der Waals surface area (Å²) < 4.78 is 13.1. The summed E-state index contributed by atoms with van der Waals surface area (Å²) >= 11 is 0. The van der Waals surface area contributed by atoms with Crippen LogP contribution in [0.2, 0.25) is 0 Å². The lowest BCUT2D eigenvalue weighted by Crippen LogP contribution is -2.13. The minimum Gasteiger partial charge on any atom is -0.481 e. The minimum absolute atomic E-state index is 0.277. The van der Waals surface area contributed by atoms with E-state index in [0.717, 1.165) is 5.56 Å². The van der Waals surface area contributed by atoms with Crippen molar-refractivity contribution < 1.29 is 14.3 Å². The van der Waals surface area contributed by atoms with Crippen molar-refractivity contribution in [1.82, 2.24) is 0 Å². The Labute approximate surface area is 75.0 Å². The lowest BCUT2D eigenvalue weighted by Gasteiger charge is -1.99. The lowest BCUT2D eigenvalue weighted by molar-refractivity contribution is -0.141. The first-order chi connectivity index (χ1) is 6.18. The molecule has 1 unspecified atom stereocenters. The van der Waals surface area contributed by atoms with Gasteiger partial charge in [0.1, 0.15) is 5.82 Å². The third kappa shape index (κ3) is 1.30. The maximum atomic E-state index is 13.1. The molecule has 0 bridgehead atoms. The van der Waals surface area contributed by atoms with Gasteiger partial charge in [0.2, 0.25) is 0 Å². The van der Waals surface area contributed by atoms with Crippen LogP contribution in [0, 0.1) is 11.7 Å². The molecule has 1 N–H and O–H groups in total. The van der Waals surface area contributed by atoms with Gasteiger partial charge in [0, 0.05) is 0 Å². The quantitative estimate of drug-likeness (QED) is 0.713. The number of aliphatic carboxylic acids is 1. The zero-order valence-corrected chi connectivity index (χ0v) is 6.96. The molecule has 1 aliphatic carbocycles. The molecular weight excluding hydrogens is 171 g/mol. The molecule has 0 amide bonds. The number of halogens is 1. The van der Waals surface area contributed by atoms with Gasteiger partial charge in [-0.3, -0.25) is 4.79 Å². The minimum atomic E-state index is -0.837. The highest BCUT2D eigenvalue weighted by molar-refractivity contribution is 5.72. The molecule has 0 fully saturated rings. The largest absolute Gasteiger partial charge is 0.481 e. The summed E-state index contributed by atoms with van der Waals surface area (Å²) in [7, 11) is 0. The molecule has 0 saturated heterocycles. The third-order valence-electron chi connectivity index (χ3n) is 2.48. The SMILES string of the molecule is O=C(O)C1Cc2cccc(F)c2C1. The molecule has 1 atom stereocenters. The first-order valence-corrected chi connectivity index (χ1v) is 4.17. The van der Waals surface area contributed by atoms with E-state index in [1.54, 1.807) is 12.1 Å². The molecule has 0 aromatic heterocycles. The van der Waals surface area contributed by atoms with Gasteiger partial charge in [-0.05, 0) is 30.0 Å². The van der Waals surface area contributed by atoms with Crippen molar-refractivity contribution in [2.45, 2.75) is 12.8 Å². The highest BCUT2D eigenvalue weighted by Gasteiger charge is 2.28. The van der Waals surface area contributed by atoms with Crippen molar-refractivity contribution in [3.63, 3.8) is 0 Å². The van der Waals surface area contributed by atoms with Crippen LogP contribution in [-0.4, -0.2) is 11.1 Å². The fourth-order valence-electron chi connectivity index (χ4n) is 1.78. The van der Waals surface area contributed by atoms with Crippen molar-refractivity contribution in [2.24, 2.45) is 5.92 Å². The molecule has 1 aromatic carbocycles. The van der Waals surface area contributed by atoms with Gasteiger partial charge in [0.25, 0.3) is 0 Å². The Bertz CT molecular complexity index is 360. The maximum Gasteiger partial charge on any atom is 0.307 e. The molecule has 2 nitrogen and oxygen atoms in total. The first-order valence-electron chi connectivity index (χ1n) is 4.17. The Morgan fingerprint density at radius 1 is 1.46 bits per heavy atom. The number of hydrogen-bond acceptors (Lipinski definition) is 1. The molecule has 0 radical (unpaired) electrons. The van der Waals surface area contributed by atoms with Gasteiger partial charge in [-0.2, -0.15) is 0 Å². The molecule has 13 heavy (non-hydrogen) atoms. The fourth-order valence-corrected chi connectivity index (χ4v) is 1.78. The van der Waals surface area contributed by atoms with Gasteiger partial charge >= 0.3 is 5.97 Å². The van der Waals surface area contributed by atoms with Crippen LogP contribution in [0.4, 0.5) is 4.39 Å². The van der Waals surface area contributed by atoms with Gasteiger partial charge < -0.3 is 5.11 Å². The van der Waals surface area contributed by atoms with Gasteiger partial charge in [-0.15, -0.1) is 0 Å². The van der Waals surface area contributed by atoms with E-state index < -0.39 is 11.9 Å². The van der Waals surface area contributed by atoms with Crippen LogP contribution in [0.15, 0.2) is 18.2 Å². The van der Waals surface area contributed by atoms with E-state index >= 15 is 0 Å². The predicted octanol–water partition coefficient (Wildman–Crippen LogP) is 1.63. The van der Waals surface area contributed by atoms with Crippen molar-refractivity contribution in [3.8, 4) is 0 Å². The molecule has 1 aliphatic rings. The molecule has 3 heteroatoms. The number of benzene rings is 1. The van der Waals surface area contributed by atoms with E-state index in [-0.39, 0.29) is 5.82 Å². The van der Waals surface area contributed by atoms with E-state index in [1.165, 1.54) is 6.07 Å². The monoisotopic (exact) mass is 180 g/mol. The number of hydrogen-bond donors (Lipinski definition) is 1. The van der Waals surface area contributed by atoms with Gasteiger partial charge in [-0.25, -0.2) is 4.39 Å². The molecule has 2 rings (SSSR count). The first kappa shape index (κ1) is 8.23. The van der Waals surface area contributed by atoms with Crippen LogP contribution in [0.5, 0.6) is 0 Å². The number of rotatable bonds is 1. The Balaban J connectivity index is 2.35. The van der Waals surface area contributed by atoms with E-state index in [2.05, 4.69) is 0 Å². The van der Waals surface area contributed by atoms with E-state index in [9.17, 15) is 9.18 Å². The summed E-state index contributed by atoms with van der Waals surface area (Å²) in [6, 6.07) is 4.79. The Morgan fingerprint density at radius 3 is 2.85 bits per heavy atom. The molecule has 68 valence electrons. The highest BCUT2D eigenvalue weighted by atomic mass is 19.1. The molecule has 0 heterocycles. The summed E-state index contributed by atoms with van der Waals surface area (Å²) in [5, 5.41) is 8.75. The van der Waals surface area contributed by atoms with Crippen molar-refractivity contribution in [2.75, 3.05) is 0 Å². The Kier molecular flexibility index (Phi) is 1.79. The van der Waals surface area contributed by atoms with Crippen LogP contribution in [0.3, 0.4) is 0 Å². The molecule has 0 aliphatic heterocycles. The van der Waals surface area contributed by atoms with Crippen LogP contribution in [0.1, 0.15) is 11.1 Å². The number of fused-ring (bicyclic) bond motifs is 1. The van der Waals surface area contributed by atoms with Crippen LogP contribution in [0.25, 0.3) is 0 Å². The molecule has 0 spiro atoms. The molecule has 0 saturated carbocycles. The summed E-state index contributed by atoms with van der Waals surface area (Å²) in [6.07, 6.45) is 0.791. The van der Waals surface area contributed by atoms with E-state index in [1.807, 2.05) is 0 Å². The number of carboxylic acids is 1. The zero-order valence-electron chi connectivity index (χ0n) is 6.96. The lowest BCUT2D eigenvalue weighted by atomic mass is 10.1. The van der Waals surface area contributed by atoms with Gasteiger partial charge in [0.15, 0.2) is 0 Å². The third-order valence-corrected chi connectivity index (χ3v) is 2.48. The van der Waals surface area contributed by atoms with Crippen molar-refractivity contribution in [3.05, 3.63) is 35.1 Å². The van der Waals surface area contributed by atoms with E-state index in [0.29, 0.717) is 18.4 Å². The Morgan fingerprint density at radius 2 is 2.23 bits per heavy atom. The van der Waals surface area contributed by atoms with Gasteiger partial charge in [-0.1, -0.05) is 12.1 Å². The number of carboxylic acid groups (broad SMARTS) is 1. The van der Waals surface area contributed by atoms with Crippen molar-refractivity contribution in [1.29, 1.82) is 0 Å². The molecular formula is C10H9FO2. The summed E-state index contributed by atoms with van der Waals surface area (Å²) in [6.45, 7) is 0. The van der Waals surface area contributed by atoms with Crippen LogP contribution < -0.4 is 0 Å². The normalized spacial score (nSPS) is 19.9. The average Bonchev–Trinajstić information content (AvgIpc) is 2.49. The summed E-state index contributed by atoms with van der Waals surface area (Å²) in [4.78, 5) is 10.7. The predicted molar refractivity (Wildman–Crippen MR) is 44.9 cm³/mol. The summed E-state index contributed by atoms with van der Waals surface area (Å²) in [5.74, 6) is -1.55. The maximum absolute atomic E-state index is 13.1. The smallest absolute Gasteiger partial charge is 0.307 e. The van der Waals surface area contributed by atoms with Crippen molar-refractivity contribution >= 4 is 5.97 Å². The average molecular weight is 180 g/mol. The zero-order chi connectivity index (χ0) is 9.42. The highest BCUT2D eigenvalue weighted by Crippen LogP contribution is 2.28. The second-order valence-electron chi connectivity index (χ2n) is 3.32. The van der Waals surface area contributed by atoms with Gasteiger partial charge in [0.05, 0.1) is 5.92 Å². The standard InChI is InChI=1S/C10H9FO2/c11-9-3-1-2-6-4-7(10(12)13)5-8(6)9/h1-3,7H,4-5H2,(H,12,13). The second-order valence-corrected chi connectivity index (χ2v) is 3.32. The number of carbonyl (C=O) groups is 1. The van der Waals surface area contributed by atoms with Crippen LogP contribution in [-0.2, 0) is 17.6 Å². The summed E-state index contributed by atoms with van der Waals surface area (Å²) in [5.41, 5.74) is 1.42. The Hall–Kier alpha value is -1.38. The fraction of sp³-hybridized carbons (Fsp3) is 0.300. The van der Waals surface area contributed by atoms with E-state index in [4.69, 9.17) is 5.11 Å². The second kappa shape index (κ2) is 2.83. The topological polar surface area (TPSA) is 37.3 Å². The molecule has 1 aromatic rings.